The zero-order chi connectivity index (χ0) is 19.0. The summed E-state index contributed by atoms with van der Waals surface area (Å²) in [7, 11) is -1.35. The van der Waals surface area contributed by atoms with Crippen molar-refractivity contribution in [3.63, 3.8) is 0 Å². The smallest absolute Gasteiger partial charge is 0.211 e. The van der Waals surface area contributed by atoms with Gasteiger partial charge in [0.05, 0.1) is 6.26 Å². The lowest BCUT2D eigenvalue weighted by Crippen LogP contribution is -2.49. The van der Waals surface area contributed by atoms with E-state index in [0.717, 1.165) is 18.9 Å². The molecule has 154 valence electrons. The lowest BCUT2D eigenvalue weighted by atomic mass is 9.64. The third kappa shape index (κ3) is 6.90. The number of hydrogen-bond acceptors (Lipinski definition) is 3. The molecule has 0 amide bonds. The van der Waals surface area contributed by atoms with E-state index in [1.807, 2.05) is 6.92 Å². The van der Waals surface area contributed by atoms with Crippen LogP contribution >= 0.6 is 24.0 Å². The van der Waals surface area contributed by atoms with Crippen LogP contribution in [0.5, 0.6) is 0 Å². The largest absolute Gasteiger partial charge is 0.356 e. The second-order valence-electron chi connectivity index (χ2n) is 6.96. The van der Waals surface area contributed by atoms with Crippen molar-refractivity contribution in [1.29, 1.82) is 0 Å². The summed E-state index contributed by atoms with van der Waals surface area (Å²) in [6.45, 7) is 4.43. The fourth-order valence-corrected chi connectivity index (χ4v) is 4.39. The first-order valence-corrected chi connectivity index (χ1v) is 11.2. The summed E-state index contributed by atoms with van der Waals surface area (Å²) in [5.41, 5.74) is 1.59. The minimum atomic E-state index is -3.12. The molecule has 0 heterocycles. The van der Waals surface area contributed by atoms with E-state index in [2.05, 4.69) is 46.0 Å². The molecule has 0 aromatic heterocycles. The summed E-state index contributed by atoms with van der Waals surface area (Å²) in [6.07, 6.45) is 5.65. The summed E-state index contributed by atoms with van der Waals surface area (Å²) in [4.78, 5) is 4.29. The zero-order valence-electron chi connectivity index (χ0n) is 16.6. The molecule has 0 atom stereocenters. The maximum absolute atomic E-state index is 11.6. The van der Waals surface area contributed by atoms with Gasteiger partial charge in [-0.05, 0) is 24.8 Å². The van der Waals surface area contributed by atoms with Crippen molar-refractivity contribution < 1.29 is 8.42 Å². The summed E-state index contributed by atoms with van der Waals surface area (Å²) in [5, 5.41) is 6.74. The molecular formula is C19H33IN4O2S. The number of guanidine groups is 1. The van der Waals surface area contributed by atoms with E-state index < -0.39 is 10.0 Å². The first-order valence-electron chi connectivity index (χ1n) is 9.36. The fraction of sp³-hybridized carbons (Fsp3) is 0.632. The van der Waals surface area contributed by atoms with Crippen molar-refractivity contribution in [1.82, 2.24) is 14.9 Å². The highest BCUT2D eigenvalue weighted by atomic mass is 127. The van der Waals surface area contributed by atoms with Crippen LogP contribution in [0.1, 0.15) is 38.2 Å². The highest BCUT2D eigenvalue weighted by Crippen LogP contribution is 2.43. The summed E-state index contributed by atoms with van der Waals surface area (Å²) in [6, 6.07) is 10.7. The first-order chi connectivity index (χ1) is 12.4. The van der Waals surface area contributed by atoms with Crippen LogP contribution < -0.4 is 10.6 Å². The highest BCUT2D eigenvalue weighted by Gasteiger charge is 2.38. The van der Waals surface area contributed by atoms with Gasteiger partial charge in [0, 0.05) is 38.6 Å². The van der Waals surface area contributed by atoms with Gasteiger partial charge in [0.25, 0.3) is 0 Å². The van der Waals surface area contributed by atoms with Crippen molar-refractivity contribution >= 4 is 40.0 Å². The molecule has 27 heavy (non-hydrogen) atoms. The standard InChI is InChI=1S/C19H32N4O2S.HI/c1-4-23(26(3,24)25)15-9-14-21-18(20-2)22-16-19(12-8-13-19)17-10-6-5-7-11-17;/h5-7,10-11H,4,8-9,12-16H2,1-3H3,(H2,20,21,22);1H. The van der Waals surface area contributed by atoms with Gasteiger partial charge in [0.1, 0.15) is 0 Å². The Hall–Kier alpha value is -0.870. The maximum Gasteiger partial charge on any atom is 0.211 e. The van der Waals surface area contributed by atoms with Crippen LogP contribution in [0.4, 0.5) is 0 Å². The molecule has 0 spiro atoms. The number of benzene rings is 1. The summed E-state index contributed by atoms with van der Waals surface area (Å²) in [5.74, 6) is 0.773. The van der Waals surface area contributed by atoms with Gasteiger partial charge in [-0.3, -0.25) is 4.99 Å². The summed E-state index contributed by atoms with van der Waals surface area (Å²) >= 11 is 0. The van der Waals surface area contributed by atoms with Crippen molar-refractivity contribution in [2.24, 2.45) is 4.99 Å². The molecule has 2 rings (SSSR count). The number of hydrogen-bond donors (Lipinski definition) is 2. The average Bonchev–Trinajstić information content (AvgIpc) is 2.58. The van der Waals surface area contributed by atoms with E-state index in [-0.39, 0.29) is 29.4 Å². The Balaban J connectivity index is 0.00000364. The van der Waals surface area contributed by atoms with E-state index in [9.17, 15) is 8.42 Å². The van der Waals surface area contributed by atoms with Crippen LogP contribution in [-0.2, 0) is 15.4 Å². The highest BCUT2D eigenvalue weighted by molar-refractivity contribution is 14.0. The summed E-state index contributed by atoms with van der Waals surface area (Å²) < 4.78 is 24.7. The van der Waals surface area contributed by atoms with Crippen LogP contribution in [0.2, 0.25) is 0 Å². The van der Waals surface area contributed by atoms with Crippen LogP contribution in [0, 0.1) is 0 Å². The molecule has 2 N–H and O–H groups in total. The number of aliphatic imine (C=N–C) groups is 1. The number of sulfonamides is 1. The molecule has 8 heteroatoms. The Morgan fingerprint density at radius 2 is 1.89 bits per heavy atom. The molecule has 0 radical (unpaired) electrons. The molecule has 6 nitrogen and oxygen atoms in total. The average molecular weight is 508 g/mol. The normalized spacial score (nSPS) is 16.4. The lowest BCUT2D eigenvalue weighted by molar-refractivity contribution is 0.244. The van der Waals surface area contributed by atoms with Crippen LogP contribution in [0.15, 0.2) is 35.3 Å². The SMILES string of the molecule is CCN(CCCNC(=NC)NCC1(c2ccccc2)CCC1)S(C)(=O)=O.I. The minimum absolute atomic E-state index is 0. The van der Waals surface area contributed by atoms with E-state index in [1.54, 1.807) is 7.05 Å². The van der Waals surface area contributed by atoms with E-state index in [4.69, 9.17) is 0 Å². The monoisotopic (exact) mass is 508 g/mol. The van der Waals surface area contributed by atoms with E-state index in [0.29, 0.717) is 19.6 Å². The molecule has 1 saturated carbocycles. The molecule has 1 aliphatic rings. The van der Waals surface area contributed by atoms with Gasteiger partial charge in [0.15, 0.2) is 5.96 Å². The molecule has 0 aliphatic heterocycles. The van der Waals surface area contributed by atoms with Gasteiger partial charge >= 0.3 is 0 Å². The Bertz CT molecular complexity index is 691. The Morgan fingerprint density at radius 3 is 2.37 bits per heavy atom. The third-order valence-electron chi connectivity index (χ3n) is 5.21. The molecule has 0 bridgehead atoms. The molecule has 1 aromatic rings. The number of rotatable bonds is 9. The molecule has 0 unspecified atom stereocenters. The molecule has 1 aliphatic carbocycles. The minimum Gasteiger partial charge on any atom is -0.356 e. The number of nitrogens with one attached hydrogen (secondary N) is 2. The predicted molar refractivity (Wildman–Crippen MR) is 123 cm³/mol. The van der Waals surface area contributed by atoms with Gasteiger partial charge in [-0.15, -0.1) is 24.0 Å². The van der Waals surface area contributed by atoms with E-state index in [1.165, 1.54) is 35.4 Å². The third-order valence-corrected chi connectivity index (χ3v) is 6.59. The number of halogens is 1. The number of nitrogens with zero attached hydrogens (tertiary/aromatic N) is 2. The van der Waals surface area contributed by atoms with Crippen molar-refractivity contribution in [3.8, 4) is 0 Å². The quantitative estimate of drug-likeness (QED) is 0.233. The first kappa shape index (κ1) is 24.2. The van der Waals surface area contributed by atoms with Gasteiger partial charge in [0.2, 0.25) is 10.0 Å². The van der Waals surface area contributed by atoms with E-state index >= 15 is 0 Å². The van der Waals surface area contributed by atoms with Gasteiger partial charge < -0.3 is 10.6 Å². The topological polar surface area (TPSA) is 73.8 Å². The van der Waals surface area contributed by atoms with Crippen molar-refractivity contribution in [2.45, 2.75) is 38.0 Å². The molecular weight excluding hydrogens is 475 g/mol. The molecule has 1 aromatic carbocycles. The van der Waals surface area contributed by atoms with Gasteiger partial charge in [-0.25, -0.2) is 12.7 Å². The second kappa shape index (κ2) is 11.2. The lowest BCUT2D eigenvalue weighted by Gasteiger charge is -2.43. The van der Waals surface area contributed by atoms with Crippen molar-refractivity contribution in [2.75, 3.05) is 39.5 Å². The maximum atomic E-state index is 11.6. The van der Waals surface area contributed by atoms with Gasteiger partial charge in [-0.2, -0.15) is 0 Å². The predicted octanol–water partition coefficient (Wildman–Crippen LogP) is 2.56. The molecule has 0 saturated heterocycles. The second-order valence-corrected chi connectivity index (χ2v) is 8.94. The van der Waals surface area contributed by atoms with Crippen molar-refractivity contribution in [3.05, 3.63) is 35.9 Å². The fourth-order valence-electron chi connectivity index (χ4n) is 3.46. The Labute approximate surface area is 181 Å². The van der Waals surface area contributed by atoms with Crippen LogP contribution in [0.25, 0.3) is 0 Å². The van der Waals surface area contributed by atoms with Gasteiger partial charge in [-0.1, -0.05) is 43.7 Å². The Morgan fingerprint density at radius 1 is 1.22 bits per heavy atom. The molecule has 1 fully saturated rings. The van der Waals surface area contributed by atoms with Crippen LogP contribution in [-0.4, -0.2) is 58.2 Å². The zero-order valence-corrected chi connectivity index (χ0v) is 19.7. The Kier molecular flexibility index (Phi) is 10.0. The van der Waals surface area contributed by atoms with Crippen LogP contribution in [0.3, 0.4) is 0 Å².